The molecule has 0 heterocycles. The summed E-state index contributed by atoms with van der Waals surface area (Å²) in [5, 5.41) is 17.6. The molecule has 1 rings (SSSR count). The highest BCUT2D eigenvalue weighted by molar-refractivity contribution is 5.83. The molecular formula is C10H12N2O3. The van der Waals surface area contributed by atoms with Gasteiger partial charge in [-0.15, -0.1) is 0 Å². The first-order valence-electron chi connectivity index (χ1n) is 4.45. The van der Waals surface area contributed by atoms with Gasteiger partial charge in [-0.2, -0.15) is 0 Å². The van der Waals surface area contributed by atoms with Crippen LogP contribution in [0.15, 0.2) is 29.3 Å². The molecule has 1 aromatic rings. The molecule has 0 aliphatic carbocycles. The maximum absolute atomic E-state index is 10.6. The summed E-state index contributed by atoms with van der Waals surface area (Å²) in [6.45, 7) is 0.265. The van der Waals surface area contributed by atoms with Crippen LogP contribution in [0.5, 0.6) is 5.75 Å². The van der Waals surface area contributed by atoms with Crippen molar-refractivity contribution >= 4 is 12.1 Å². The van der Waals surface area contributed by atoms with Crippen molar-refractivity contribution in [3.8, 4) is 5.75 Å². The zero-order valence-electron chi connectivity index (χ0n) is 8.05. The lowest BCUT2D eigenvalue weighted by Crippen LogP contribution is -2.18. The molecule has 0 saturated heterocycles. The number of aromatic hydroxyl groups is 1. The van der Waals surface area contributed by atoms with Gasteiger partial charge in [0.2, 0.25) is 5.91 Å². The highest BCUT2D eigenvalue weighted by Crippen LogP contribution is 2.12. The molecule has 1 aromatic carbocycles. The molecule has 0 aliphatic rings. The van der Waals surface area contributed by atoms with Crippen LogP contribution in [0, 0.1) is 0 Å². The minimum atomic E-state index is -0.482. The summed E-state index contributed by atoms with van der Waals surface area (Å²) in [4.78, 5) is 14.5. The third kappa shape index (κ3) is 3.78. The van der Waals surface area contributed by atoms with Crippen LogP contribution < -0.4 is 5.48 Å². The number of carbonyl (C=O) groups excluding carboxylic acids is 1. The molecule has 1 amide bonds. The van der Waals surface area contributed by atoms with Gasteiger partial charge >= 0.3 is 0 Å². The summed E-state index contributed by atoms with van der Waals surface area (Å²) in [7, 11) is 0. The van der Waals surface area contributed by atoms with E-state index in [-0.39, 0.29) is 18.7 Å². The van der Waals surface area contributed by atoms with Gasteiger partial charge in [0.1, 0.15) is 5.75 Å². The number of hydrogen-bond acceptors (Lipinski definition) is 4. The number of carbonyl (C=O) groups is 1. The van der Waals surface area contributed by atoms with Crippen molar-refractivity contribution in [2.45, 2.75) is 6.42 Å². The van der Waals surface area contributed by atoms with Crippen LogP contribution >= 0.6 is 0 Å². The lowest BCUT2D eigenvalue weighted by atomic mass is 10.2. The summed E-state index contributed by atoms with van der Waals surface area (Å²) in [5.41, 5.74) is 2.11. The van der Waals surface area contributed by atoms with Gasteiger partial charge < -0.3 is 5.11 Å². The average Bonchev–Trinajstić information content (AvgIpc) is 2.26. The van der Waals surface area contributed by atoms with E-state index in [4.69, 9.17) is 5.21 Å². The summed E-state index contributed by atoms with van der Waals surface area (Å²) in [5.74, 6) is -0.336. The zero-order chi connectivity index (χ0) is 11.1. The minimum Gasteiger partial charge on any atom is -0.507 e. The number of amides is 1. The van der Waals surface area contributed by atoms with Gasteiger partial charge in [-0.1, -0.05) is 12.1 Å². The van der Waals surface area contributed by atoms with Crippen LogP contribution in [0.3, 0.4) is 0 Å². The molecule has 80 valence electrons. The molecular weight excluding hydrogens is 196 g/mol. The second-order valence-corrected chi connectivity index (χ2v) is 2.88. The number of aliphatic imine (C=N–C) groups is 1. The molecule has 0 aromatic heterocycles. The van der Waals surface area contributed by atoms with Crippen molar-refractivity contribution in [3.63, 3.8) is 0 Å². The van der Waals surface area contributed by atoms with Crippen molar-refractivity contribution in [3.05, 3.63) is 29.8 Å². The molecule has 0 fully saturated rings. The summed E-state index contributed by atoms with van der Waals surface area (Å²) < 4.78 is 0. The molecule has 3 N–H and O–H groups in total. The van der Waals surface area contributed by atoms with E-state index in [1.54, 1.807) is 24.3 Å². The normalized spacial score (nSPS) is 10.5. The van der Waals surface area contributed by atoms with Gasteiger partial charge in [0, 0.05) is 24.7 Å². The molecule has 0 radical (unpaired) electrons. The van der Waals surface area contributed by atoms with E-state index in [1.165, 1.54) is 11.7 Å². The number of nitrogens with zero attached hydrogens (tertiary/aromatic N) is 1. The molecule has 0 bridgehead atoms. The Morgan fingerprint density at radius 1 is 1.47 bits per heavy atom. The molecule has 0 unspecified atom stereocenters. The van der Waals surface area contributed by atoms with Crippen molar-refractivity contribution in [2.75, 3.05) is 6.54 Å². The zero-order valence-corrected chi connectivity index (χ0v) is 8.05. The maximum Gasteiger partial charge on any atom is 0.245 e. The molecule has 15 heavy (non-hydrogen) atoms. The fourth-order valence-electron chi connectivity index (χ4n) is 0.982. The van der Waals surface area contributed by atoms with Crippen molar-refractivity contribution in [1.82, 2.24) is 5.48 Å². The van der Waals surface area contributed by atoms with Crippen molar-refractivity contribution in [1.29, 1.82) is 0 Å². The van der Waals surface area contributed by atoms with Crippen molar-refractivity contribution < 1.29 is 15.1 Å². The fourth-order valence-corrected chi connectivity index (χ4v) is 0.982. The van der Waals surface area contributed by atoms with E-state index in [9.17, 15) is 9.90 Å². The van der Waals surface area contributed by atoms with E-state index in [0.29, 0.717) is 5.56 Å². The SMILES string of the molecule is O=C(CCN=Cc1ccccc1O)NO. The van der Waals surface area contributed by atoms with E-state index in [1.807, 2.05) is 0 Å². The van der Waals surface area contributed by atoms with Crippen LogP contribution in [0.25, 0.3) is 0 Å². The first kappa shape index (κ1) is 11.2. The highest BCUT2D eigenvalue weighted by atomic mass is 16.5. The lowest BCUT2D eigenvalue weighted by Gasteiger charge is -1.97. The Hall–Kier alpha value is -1.88. The number of benzene rings is 1. The van der Waals surface area contributed by atoms with E-state index < -0.39 is 5.91 Å². The number of hydroxylamine groups is 1. The Kier molecular flexibility index (Phi) is 4.30. The quantitative estimate of drug-likeness (QED) is 0.387. The van der Waals surface area contributed by atoms with Gasteiger partial charge in [-0.05, 0) is 12.1 Å². The second kappa shape index (κ2) is 5.77. The predicted molar refractivity (Wildman–Crippen MR) is 55.1 cm³/mol. The Morgan fingerprint density at radius 3 is 2.87 bits per heavy atom. The fraction of sp³-hybridized carbons (Fsp3) is 0.200. The third-order valence-corrected chi connectivity index (χ3v) is 1.76. The van der Waals surface area contributed by atoms with Crippen molar-refractivity contribution in [2.24, 2.45) is 4.99 Å². The molecule has 5 heteroatoms. The van der Waals surface area contributed by atoms with Gasteiger partial charge in [0.25, 0.3) is 0 Å². The Morgan fingerprint density at radius 2 is 2.20 bits per heavy atom. The average molecular weight is 208 g/mol. The molecule has 0 spiro atoms. The topological polar surface area (TPSA) is 81.9 Å². The minimum absolute atomic E-state index is 0.112. The number of hydrogen-bond donors (Lipinski definition) is 3. The van der Waals surface area contributed by atoms with E-state index >= 15 is 0 Å². The number of rotatable bonds is 4. The first-order chi connectivity index (χ1) is 7.24. The maximum atomic E-state index is 10.6. The first-order valence-corrected chi connectivity index (χ1v) is 4.45. The van der Waals surface area contributed by atoms with E-state index in [2.05, 4.69) is 4.99 Å². The van der Waals surface area contributed by atoms with Crippen LogP contribution in [-0.2, 0) is 4.79 Å². The van der Waals surface area contributed by atoms with Gasteiger partial charge in [0.05, 0.1) is 0 Å². The van der Waals surface area contributed by atoms with Gasteiger partial charge in [-0.3, -0.25) is 15.0 Å². The third-order valence-electron chi connectivity index (χ3n) is 1.76. The number of phenols is 1. The monoisotopic (exact) mass is 208 g/mol. The molecule has 5 nitrogen and oxygen atoms in total. The van der Waals surface area contributed by atoms with Crippen LogP contribution in [0.2, 0.25) is 0 Å². The number of phenolic OH excluding ortho intramolecular Hbond substituents is 1. The summed E-state index contributed by atoms with van der Waals surface area (Å²) in [6, 6.07) is 6.76. The molecule has 0 saturated carbocycles. The Bertz CT molecular complexity index is 363. The Balaban J connectivity index is 2.45. The second-order valence-electron chi connectivity index (χ2n) is 2.88. The standard InChI is InChI=1S/C10H12N2O3/c13-9-4-2-1-3-8(9)7-11-6-5-10(14)12-15/h1-4,7,13,15H,5-6H2,(H,12,14). The number of nitrogens with one attached hydrogen (secondary N) is 1. The van der Waals surface area contributed by atoms with Crippen LogP contribution in [0.1, 0.15) is 12.0 Å². The summed E-state index contributed by atoms with van der Waals surface area (Å²) in [6.07, 6.45) is 1.60. The van der Waals surface area contributed by atoms with Gasteiger partial charge in [0.15, 0.2) is 0 Å². The lowest BCUT2D eigenvalue weighted by molar-refractivity contribution is -0.128. The number of para-hydroxylation sites is 1. The molecule has 0 atom stereocenters. The highest BCUT2D eigenvalue weighted by Gasteiger charge is 1.97. The van der Waals surface area contributed by atoms with E-state index in [0.717, 1.165) is 0 Å². The van der Waals surface area contributed by atoms with Gasteiger partial charge in [-0.25, -0.2) is 5.48 Å². The smallest absolute Gasteiger partial charge is 0.245 e. The summed E-state index contributed by atoms with van der Waals surface area (Å²) >= 11 is 0. The van der Waals surface area contributed by atoms with Crippen LogP contribution in [0.4, 0.5) is 0 Å². The largest absolute Gasteiger partial charge is 0.507 e. The van der Waals surface area contributed by atoms with Crippen LogP contribution in [-0.4, -0.2) is 29.0 Å². The molecule has 0 aliphatic heterocycles. The Labute approximate surface area is 87.0 Å². The predicted octanol–water partition coefficient (Wildman–Crippen LogP) is 0.707.